The second-order valence-corrected chi connectivity index (χ2v) is 11.1. The van der Waals surface area contributed by atoms with Gasteiger partial charge in [-0.05, 0) is 67.6 Å². The van der Waals surface area contributed by atoms with Crippen molar-refractivity contribution in [3.05, 3.63) is 136 Å². The summed E-state index contributed by atoms with van der Waals surface area (Å²) in [6.07, 6.45) is 2.40. The standard InChI is InChI=1S/C37H35N3O5/c1-4-44-30-22-28(17-18-29(30)45-23-27-15-9-6-10-16-27)33-31(34(41)32-25(3)39-20-11-12-24(2)36(39)38-32)35(42)37(43)40(33)21-19-26-13-7-5-8-14-26/h5-18,20,22,33,41H,4,19,21,23H2,1-3H3. The summed E-state index contributed by atoms with van der Waals surface area (Å²) in [7, 11) is 0. The Morgan fingerprint density at radius 2 is 1.58 bits per heavy atom. The van der Waals surface area contributed by atoms with Crippen LogP contribution in [-0.2, 0) is 22.6 Å². The lowest BCUT2D eigenvalue weighted by Gasteiger charge is -2.26. The van der Waals surface area contributed by atoms with Gasteiger partial charge in [0.05, 0.1) is 23.9 Å². The molecule has 1 aliphatic rings. The predicted molar refractivity (Wildman–Crippen MR) is 172 cm³/mol. The van der Waals surface area contributed by atoms with Crippen LogP contribution in [0.5, 0.6) is 11.5 Å². The molecule has 0 bridgehead atoms. The number of Topliss-reactive ketones (excluding diaryl/α,β-unsaturated/α-hetero) is 1. The summed E-state index contributed by atoms with van der Waals surface area (Å²) in [6, 6.07) is 28.0. The summed E-state index contributed by atoms with van der Waals surface area (Å²) in [5.41, 5.74) is 5.19. The van der Waals surface area contributed by atoms with E-state index in [4.69, 9.17) is 14.5 Å². The van der Waals surface area contributed by atoms with Gasteiger partial charge in [-0.1, -0.05) is 72.8 Å². The Morgan fingerprint density at radius 1 is 0.867 bits per heavy atom. The van der Waals surface area contributed by atoms with Crippen LogP contribution in [0.25, 0.3) is 11.4 Å². The van der Waals surface area contributed by atoms with Gasteiger partial charge in [-0.25, -0.2) is 4.98 Å². The number of hydrogen-bond acceptors (Lipinski definition) is 6. The molecule has 3 aromatic carbocycles. The first kappa shape index (κ1) is 29.7. The number of carbonyl (C=O) groups excluding carboxylic acids is 2. The number of pyridine rings is 1. The smallest absolute Gasteiger partial charge is 0.295 e. The maximum Gasteiger partial charge on any atom is 0.295 e. The number of rotatable bonds is 10. The molecule has 1 fully saturated rings. The number of likely N-dealkylation sites (tertiary alicyclic amines) is 1. The number of ether oxygens (including phenoxy) is 2. The number of ketones is 1. The molecule has 1 unspecified atom stereocenters. The molecule has 0 spiro atoms. The Morgan fingerprint density at radius 3 is 2.27 bits per heavy atom. The Kier molecular flexibility index (Phi) is 8.38. The molecule has 228 valence electrons. The molecule has 0 saturated carbocycles. The average Bonchev–Trinajstić information content (AvgIpc) is 3.53. The van der Waals surface area contributed by atoms with Crippen LogP contribution in [0.3, 0.4) is 0 Å². The first-order valence-electron chi connectivity index (χ1n) is 15.1. The number of aliphatic hydroxyl groups excluding tert-OH is 1. The molecule has 6 rings (SSSR count). The van der Waals surface area contributed by atoms with Crippen LogP contribution in [-0.4, -0.2) is 44.2 Å². The van der Waals surface area contributed by atoms with E-state index in [1.165, 1.54) is 4.90 Å². The lowest BCUT2D eigenvalue weighted by atomic mass is 9.95. The molecule has 2 aromatic heterocycles. The minimum atomic E-state index is -0.860. The topological polar surface area (TPSA) is 93.4 Å². The third kappa shape index (κ3) is 5.79. The number of carbonyl (C=O) groups is 2. The number of imidazole rings is 1. The lowest BCUT2D eigenvalue weighted by Crippen LogP contribution is -2.31. The highest BCUT2D eigenvalue weighted by Crippen LogP contribution is 2.42. The first-order valence-corrected chi connectivity index (χ1v) is 15.1. The van der Waals surface area contributed by atoms with Crippen LogP contribution in [0.15, 0.2) is 103 Å². The molecule has 45 heavy (non-hydrogen) atoms. The molecule has 1 amide bonds. The van der Waals surface area contributed by atoms with Gasteiger partial charge in [-0.2, -0.15) is 0 Å². The van der Waals surface area contributed by atoms with E-state index in [0.29, 0.717) is 48.0 Å². The van der Waals surface area contributed by atoms with Crippen LogP contribution < -0.4 is 9.47 Å². The van der Waals surface area contributed by atoms with Crippen molar-refractivity contribution in [1.29, 1.82) is 0 Å². The molecular formula is C37H35N3O5. The van der Waals surface area contributed by atoms with E-state index in [2.05, 4.69) is 0 Å². The van der Waals surface area contributed by atoms with Crippen molar-refractivity contribution in [2.45, 2.75) is 39.8 Å². The second-order valence-electron chi connectivity index (χ2n) is 11.1. The molecular weight excluding hydrogens is 566 g/mol. The highest BCUT2D eigenvalue weighted by molar-refractivity contribution is 6.46. The SMILES string of the molecule is CCOc1cc(C2C(=C(O)c3nc4c(C)cccn4c3C)C(=O)C(=O)N2CCc2ccccc2)ccc1OCc1ccccc1. The molecule has 0 radical (unpaired) electrons. The van der Waals surface area contributed by atoms with E-state index in [9.17, 15) is 14.7 Å². The van der Waals surface area contributed by atoms with Gasteiger partial charge in [-0.3, -0.25) is 9.59 Å². The fraction of sp³-hybridized carbons (Fsp3) is 0.216. The van der Waals surface area contributed by atoms with Gasteiger partial charge in [-0.15, -0.1) is 0 Å². The summed E-state index contributed by atoms with van der Waals surface area (Å²) < 4.78 is 14.0. The first-order chi connectivity index (χ1) is 21.9. The molecule has 5 aromatic rings. The fourth-order valence-electron chi connectivity index (χ4n) is 5.84. The summed E-state index contributed by atoms with van der Waals surface area (Å²) in [6.45, 7) is 6.66. The van der Waals surface area contributed by atoms with Crippen LogP contribution in [0.2, 0.25) is 0 Å². The van der Waals surface area contributed by atoms with E-state index in [-0.39, 0.29) is 23.6 Å². The minimum absolute atomic E-state index is 0.00220. The summed E-state index contributed by atoms with van der Waals surface area (Å²) >= 11 is 0. The average molecular weight is 602 g/mol. The van der Waals surface area contributed by atoms with Gasteiger partial charge in [0.25, 0.3) is 11.7 Å². The van der Waals surface area contributed by atoms with Crippen molar-refractivity contribution in [3.63, 3.8) is 0 Å². The lowest BCUT2D eigenvalue weighted by molar-refractivity contribution is -0.139. The number of hydrogen-bond donors (Lipinski definition) is 1. The highest BCUT2D eigenvalue weighted by atomic mass is 16.5. The molecule has 1 N–H and O–H groups in total. The number of aliphatic hydroxyl groups is 1. The van der Waals surface area contributed by atoms with E-state index in [0.717, 1.165) is 16.7 Å². The van der Waals surface area contributed by atoms with Gasteiger partial charge in [0.1, 0.15) is 17.9 Å². The maximum absolute atomic E-state index is 13.8. The highest BCUT2D eigenvalue weighted by Gasteiger charge is 2.46. The van der Waals surface area contributed by atoms with Crippen LogP contribution in [0.4, 0.5) is 0 Å². The molecule has 8 nitrogen and oxygen atoms in total. The molecule has 1 saturated heterocycles. The number of fused-ring (bicyclic) bond motifs is 1. The van der Waals surface area contributed by atoms with Crippen LogP contribution in [0.1, 0.15) is 46.6 Å². The fourth-order valence-corrected chi connectivity index (χ4v) is 5.84. The zero-order chi connectivity index (χ0) is 31.5. The summed E-state index contributed by atoms with van der Waals surface area (Å²) in [4.78, 5) is 33.7. The molecule has 1 atom stereocenters. The Balaban J connectivity index is 1.45. The Labute approximate surface area is 262 Å². The van der Waals surface area contributed by atoms with Crippen molar-refractivity contribution in [3.8, 4) is 11.5 Å². The van der Waals surface area contributed by atoms with Crippen LogP contribution in [0, 0.1) is 13.8 Å². The van der Waals surface area contributed by atoms with Gasteiger partial charge in [0.15, 0.2) is 17.3 Å². The molecule has 8 heteroatoms. The summed E-state index contributed by atoms with van der Waals surface area (Å²) in [5, 5.41) is 11.8. The number of amides is 1. The van der Waals surface area contributed by atoms with Crippen molar-refractivity contribution in [2.75, 3.05) is 13.2 Å². The van der Waals surface area contributed by atoms with E-state index < -0.39 is 17.7 Å². The van der Waals surface area contributed by atoms with Crippen LogP contribution >= 0.6 is 0 Å². The largest absolute Gasteiger partial charge is 0.505 e. The Bertz CT molecular complexity index is 1900. The number of aromatic nitrogens is 2. The summed E-state index contributed by atoms with van der Waals surface area (Å²) in [5.74, 6) is -0.696. The van der Waals surface area contributed by atoms with E-state index >= 15 is 0 Å². The van der Waals surface area contributed by atoms with Gasteiger partial charge in [0, 0.05) is 12.7 Å². The van der Waals surface area contributed by atoms with Gasteiger partial charge in [0.2, 0.25) is 0 Å². The molecule has 3 heterocycles. The molecule has 1 aliphatic heterocycles. The second kappa shape index (κ2) is 12.7. The third-order valence-electron chi connectivity index (χ3n) is 8.15. The van der Waals surface area contributed by atoms with Crippen molar-refractivity contribution in [1.82, 2.24) is 14.3 Å². The minimum Gasteiger partial charge on any atom is -0.505 e. The van der Waals surface area contributed by atoms with E-state index in [1.807, 2.05) is 110 Å². The van der Waals surface area contributed by atoms with Gasteiger partial charge >= 0.3 is 0 Å². The zero-order valence-electron chi connectivity index (χ0n) is 25.6. The van der Waals surface area contributed by atoms with Gasteiger partial charge < -0.3 is 23.9 Å². The number of aryl methyl sites for hydroxylation is 2. The monoisotopic (exact) mass is 601 g/mol. The normalized spacial score (nSPS) is 16.0. The zero-order valence-corrected chi connectivity index (χ0v) is 25.6. The third-order valence-corrected chi connectivity index (χ3v) is 8.15. The van der Waals surface area contributed by atoms with Crippen molar-refractivity contribution in [2.24, 2.45) is 0 Å². The van der Waals surface area contributed by atoms with Crippen molar-refractivity contribution >= 4 is 23.1 Å². The Hall–Kier alpha value is -5.37. The van der Waals surface area contributed by atoms with E-state index in [1.54, 1.807) is 12.1 Å². The van der Waals surface area contributed by atoms with Crippen molar-refractivity contribution < 1.29 is 24.2 Å². The number of benzene rings is 3. The maximum atomic E-state index is 13.8. The number of nitrogens with zero attached hydrogens (tertiary/aromatic N) is 3. The quantitative estimate of drug-likeness (QED) is 0.110. The molecule has 0 aliphatic carbocycles. The predicted octanol–water partition coefficient (Wildman–Crippen LogP) is 6.59.